The molecule has 21 heavy (non-hydrogen) atoms. The van der Waals surface area contributed by atoms with Gasteiger partial charge in [-0.25, -0.2) is 8.42 Å². The Kier molecular flexibility index (Phi) is 4.23. The van der Waals surface area contributed by atoms with E-state index in [1.807, 2.05) is 0 Å². The van der Waals surface area contributed by atoms with Gasteiger partial charge in [0.25, 0.3) is 5.69 Å². The van der Waals surface area contributed by atoms with E-state index in [-0.39, 0.29) is 17.2 Å². The number of rotatable bonds is 5. The van der Waals surface area contributed by atoms with Crippen LogP contribution in [0.3, 0.4) is 0 Å². The second kappa shape index (κ2) is 5.92. The van der Waals surface area contributed by atoms with E-state index in [9.17, 15) is 18.5 Å². The van der Waals surface area contributed by atoms with Crippen molar-refractivity contribution in [1.82, 2.24) is 0 Å². The van der Waals surface area contributed by atoms with Gasteiger partial charge in [0.1, 0.15) is 12.4 Å². The van der Waals surface area contributed by atoms with E-state index in [0.29, 0.717) is 11.3 Å². The Hall–Kier alpha value is -2.41. The van der Waals surface area contributed by atoms with Gasteiger partial charge in [0, 0.05) is 18.4 Å². The van der Waals surface area contributed by atoms with Crippen LogP contribution in [-0.4, -0.2) is 19.6 Å². The lowest BCUT2D eigenvalue weighted by atomic mass is 10.2. The van der Waals surface area contributed by atoms with Gasteiger partial charge in [-0.15, -0.1) is 0 Å². The van der Waals surface area contributed by atoms with E-state index in [1.54, 1.807) is 24.3 Å². The minimum atomic E-state index is -3.30. The molecule has 2 aromatic carbocycles. The Labute approximate surface area is 122 Å². The lowest BCUT2D eigenvalue weighted by Gasteiger charge is -2.07. The average molecular weight is 307 g/mol. The highest BCUT2D eigenvalue weighted by Crippen LogP contribution is 2.19. The van der Waals surface area contributed by atoms with Crippen molar-refractivity contribution in [2.24, 2.45) is 0 Å². The summed E-state index contributed by atoms with van der Waals surface area (Å²) in [7, 11) is -3.30. The number of benzene rings is 2. The SMILES string of the molecule is CS(=O)(=O)c1cccc(OCc2cccc([N+](=O)[O-])c2)c1. The largest absolute Gasteiger partial charge is 0.489 e. The predicted octanol–water partition coefficient (Wildman–Crippen LogP) is 2.58. The number of non-ortho nitro benzene ring substituents is 1. The van der Waals surface area contributed by atoms with E-state index in [1.165, 1.54) is 24.3 Å². The van der Waals surface area contributed by atoms with Gasteiger partial charge in [0.2, 0.25) is 0 Å². The molecule has 0 saturated heterocycles. The normalized spacial score (nSPS) is 11.1. The first-order valence-corrected chi connectivity index (χ1v) is 7.91. The lowest BCUT2D eigenvalue weighted by Crippen LogP contribution is -2.00. The molecule has 0 N–H and O–H groups in total. The molecule has 0 radical (unpaired) electrons. The molecule has 0 fully saturated rings. The molecule has 0 aliphatic heterocycles. The van der Waals surface area contributed by atoms with Gasteiger partial charge in [-0.3, -0.25) is 10.1 Å². The number of sulfone groups is 1. The maximum atomic E-state index is 11.4. The molecule has 2 rings (SSSR count). The van der Waals surface area contributed by atoms with Crippen LogP contribution in [0.4, 0.5) is 5.69 Å². The molecule has 2 aromatic rings. The molecular weight excluding hydrogens is 294 g/mol. The number of hydrogen-bond acceptors (Lipinski definition) is 5. The van der Waals surface area contributed by atoms with Gasteiger partial charge < -0.3 is 4.74 Å². The quantitative estimate of drug-likeness (QED) is 0.626. The smallest absolute Gasteiger partial charge is 0.269 e. The summed E-state index contributed by atoms with van der Waals surface area (Å²) in [5.74, 6) is 0.393. The molecule has 0 atom stereocenters. The first-order valence-electron chi connectivity index (χ1n) is 6.02. The fourth-order valence-corrected chi connectivity index (χ4v) is 2.38. The molecule has 0 aliphatic rings. The molecule has 0 aliphatic carbocycles. The summed E-state index contributed by atoms with van der Waals surface area (Å²) in [5, 5.41) is 10.7. The zero-order valence-electron chi connectivity index (χ0n) is 11.2. The summed E-state index contributed by atoms with van der Waals surface area (Å²) < 4.78 is 28.4. The number of nitrogens with zero attached hydrogens (tertiary/aromatic N) is 1. The van der Waals surface area contributed by atoms with Crippen LogP contribution in [-0.2, 0) is 16.4 Å². The zero-order valence-corrected chi connectivity index (χ0v) is 12.0. The van der Waals surface area contributed by atoms with Crippen molar-refractivity contribution >= 4 is 15.5 Å². The zero-order chi connectivity index (χ0) is 15.5. The average Bonchev–Trinajstić information content (AvgIpc) is 2.45. The monoisotopic (exact) mass is 307 g/mol. The van der Waals surface area contributed by atoms with Crippen LogP contribution < -0.4 is 4.74 Å². The third kappa shape index (κ3) is 4.03. The summed E-state index contributed by atoms with van der Waals surface area (Å²) in [5.41, 5.74) is 0.620. The summed E-state index contributed by atoms with van der Waals surface area (Å²) in [6.45, 7) is 0.120. The molecule has 0 aromatic heterocycles. The third-order valence-corrected chi connectivity index (χ3v) is 3.87. The highest BCUT2D eigenvalue weighted by molar-refractivity contribution is 7.90. The molecule has 0 amide bonds. The Morgan fingerprint density at radius 3 is 2.52 bits per heavy atom. The van der Waals surface area contributed by atoms with Crippen LogP contribution in [0.15, 0.2) is 53.4 Å². The summed E-state index contributed by atoms with van der Waals surface area (Å²) >= 11 is 0. The van der Waals surface area contributed by atoms with Crippen molar-refractivity contribution in [3.63, 3.8) is 0 Å². The molecular formula is C14H13NO5S. The topological polar surface area (TPSA) is 86.5 Å². The lowest BCUT2D eigenvalue weighted by molar-refractivity contribution is -0.384. The van der Waals surface area contributed by atoms with Crippen LogP contribution in [0.25, 0.3) is 0 Å². The maximum Gasteiger partial charge on any atom is 0.269 e. The van der Waals surface area contributed by atoms with Crippen LogP contribution >= 0.6 is 0 Å². The molecule has 6 nitrogen and oxygen atoms in total. The van der Waals surface area contributed by atoms with Crippen LogP contribution in [0.1, 0.15) is 5.56 Å². The second-order valence-corrected chi connectivity index (χ2v) is 6.48. The van der Waals surface area contributed by atoms with Crippen molar-refractivity contribution in [1.29, 1.82) is 0 Å². The molecule has 0 heterocycles. The Bertz CT molecular complexity index is 770. The Morgan fingerprint density at radius 1 is 1.14 bits per heavy atom. The van der Waals surface area contributed by atoms with Gasteiger partial charge >= 0.3 is 0 Å². The van der Waals surface area contributed by atoms with Crippen molar-refractivity contribution in [3.8, 4) is 5.75 Å². The third-order valence-electron chi connectivity index (χ3n) is 2.76. The van der Waals surface area contributed by atoms with E-state index >= 15 is 0 Å². The molecule has 0 saturated carbocycles. The molecule has 7 heteroatoms. The number of ether oxygens (including phenoxy) is 1. The van der Waals surface area contributed by atoms with Gasteiger partial charge in [-0.2, -0.15) is 0 Å². The standard InChI is InChI=1S/C14H13NO5S/c1-21(18,19)14-7-3-6-13(9-14)20-10-11-4-2-5-12(8-11)15(16)17/h2-9H,10H2,1H3. The fourth-order valence-electron chi connectivity index (χ4n) is 1.72. The van der Waals surface area contributed by atoms with Gasteiger partial charge in [-0.05, 0) is 23.8 Å². The fraction of sp³-hybridized carbons (Fsp3) is 0.143. The van der Waals surface area contributed by atoms with E-state index in [2.05, 4.69) is 0 Å². The number of nitro groups is 1. The molecule has 0 spiro atoms. The van der Waals surface area contributed by atoms with Crippen LogP contribution in [0, 0.1) is 10.1 Å². The highest BCUT2D eigenvalue weighted by atomic mass is 32.2. The van der Waals surface area contributed by atoms with Crippen molar-refractivity contribution < 1.29 is 18.1 Å². The summed E-state index contributed by atoms with van der Waals surface area (Å²) in [6, 6.07) is 12.2. The van der Waals surface area contributed by atoms with Crippen LogP contribution in [0.5, 0.6) is 5.75 Å². The first kappa shape index (κ1) is 15.0. The van der Waals surface area contributed by atoms with E-state index in [0.717, 1.165) is 6.26 Å². The van der Waals surface area contributed by atoms with E-state index < -0.39 is 14.8 Å². The predicted molar refractivity (Wildman–Crippen MR) is 77.0 cm³/mol. The molecule has 110 valence electrons. The Balaban J connectivity index is 2.13. The number of nitro benzene ring substituents is 1. The minimum absolute atomic E-state index is 0.0130. The second-order valence-electron chi connectivity index (χ2n) is 4.46. The Morgan fingerprint density at radius 2 is 1.86 bits per heavy atom. The maximum absolute atomic E-state index is 11.4. The molecule has 0 bridgehead atoms. The van der Waals surface area contributed by atoms with Crippen LogP contribution in [0.2, 0.25) is 0 Å². The van der Waals surface area contributed by atoms with Crippen molar-refractivity contribution in [3.05, 3.63) is 64.2 Å². The van der Waals surface area contributed by atoms with Crippen molar-refractivity contribution in [2.75, 3.05) is 6.26 Å². The highest BCUT2D eigenvalue weighted by Gasteiger charge is 2.09. The van der Waals surface area contributed by atoms with Gasteiger partial charge in [0.05, 0.1) is 9.82 Å². The van der Waals surface area contributed by atoms with Gasteiger partial charge in [0.15, 0.2) is 9.84 Å². The molecule has 0 unspecified atom stereocenters. The summed E-state index contributed by atoms with van der Waals surface area (Å²) in [4.78, 5) is 10.4. The van der Waals surface area contributed by atoms with Gasteiger partial charge in [-0.1, -0.05) is 18.2 Å². The number of hydrogen-bond donors (Lipinski definition) is 0. The summed E-state index contributed by atoms with van der Waals surface area (Å²) in [6.07, 6.45) is 1.12. The first-order chi connectivity index (χ1) is 9.86. The van der Waals surface area contributed by atoms with E-state index in [4.69, 9.17) is 4.74 Å². The minimum Gasteiger partial charge on any atom is -0.489 e. The van der Waals surface area contributed by atoms with Crippen molar-refractivity contribution in [2.45, 2.75) is 11.5 Å².